The zero-order valence-corrected chi connectivity index (χ0v) is 19.7. The molecular formula is C25H22FN7OS. The topological polar surface area (TPSA) is 103 Å². The van der Waals surface area contributed by atoms with Crippen molar-refractivity contribution in [1.82, 2.24) is 29.6 Å². The Kier molecular flexibility index (Phi) is 5.22. The molecule has 35 heavy (non-hydrogen) atoms. The number of thiazole rings is 1. The summed E-state index contributed by atoms with van der Waals surface area (Å²) >= 11 is 1.56. The summed E-state index contributed by atoms with van der Waals surface area (Å²) < 4.78 is 17.5. The van der Waals surface area contributed by atoms with Crippen LogP contribution in [0.4, 0.5) is 10.2 Å². The van der Waals surface area contributed by atoms with Crippen molar-refractivity contribution in [2.45, 2.75) is 37.6 Å². The Morgan fingerprint density at radius 3 is 2.89 bits per heavy atom. The van der Waals surface area contributed by atoms with Crippen molar-refractivity contribution >= 4 is 44.3 Å². The van der Waals surface area contributed by atoms with Gasteiger partial charge in [0.05, 0.1) is 32.2 Å². The van der Waals surface area contributed by atoms with Crippen molar-refractivity contribution in [3.05, 3.63) is 53.2 Å². The van der Waals surface area contributed by atoms with Crippen LogP contribution in [0, 0.1) is 17.7 Å². The molecule has 4 heterocycles. The van der Waals surface area contributed by atoms with Crippen molar-refractivity contribution in [1.29, 1.82) is 0 Å². The largest absolute Gasteiger partial charge is 0.383 e. The van der Waals surface area contributed by atoms with Gasteiger partial charge < -0.3 is 10.6 Å². The third-order valence-electron chi connectivity index (χ3n) is 6.78. The Balaban J connectivity index is 1.38. The number of carbonyl (C=O) groups is 1. The van der Waals surface area contributed by atoms with Crippen molar-refractivity contribution in [3.63, 3.8) is 0 Å². The lowest BCUT2D eigenvalue weighted by atomic mass is 9.86. The highest BCUT2D eigenvalue weighted by Gasteiger charge is 2.29. The second kappa shape index (κ2) is 8.43. The lowest BCUT2D eigenvalue weighted by molar-refractivity contribution is -0.125. The van der Waals surface area contributed by atoms with Crippen LogP contribution in [0.25, 0.3) is 21.3 Å². The quantitative estimate of drug-likeness (QED) is 0.348. The molecule has 1 atom stereocenters. The molecule has 8 nitrogen and oxygen atoms in total. The Labute approximate surface area is 204 Å². The molecule has 1 saturated carbocycles. The zero-order valence-electron chi connectivity index (χ0n) is 18.9. The molecule has 1 amide bonds. The van der Waals surface area contributed by atoms with Crippen molar-refractivity contribution in [2.24, 2.45) is 0 Å². The molecule has 0 bridgehead atoms. The number of nitrogens with zero attached hydrogens (tertiary/aromatic N) is 6. The van der Waals surface area contributed by atoms with Crippen molar-refractivity contribution in [3.8, 4) is 11.8 Å². The Morgan fingerprint density at radius 1 is 1.26 bits per heavy atom. The molecule has 2 fully saturated rings. The van der Waals surface area contributed by atoms with Gasteiger partial charge in [-0.3, -0.25) is 4.79 Å². The van der Waals surface area contributed by atoms with E-state index in [1.54, 1.807) is 27.0 Å². The minimum atomic E-state index is -0.392. The maximum Gasteiger partial charge on any atom is 0.246 e. The molecule has 4 aromatic rings. The highest BCUT2D eigenvalue weighted by molar-refractivity contribution is 7.18. The van der Waals surface area contributed by atoms with Gasteiger partial charge in [-0.25, -0.2) is 24.0 Å². The van der Waals surface area contributed by atoms with E-state index in [1.807, 2.05) is 0 Å². The van der Waals surface area contributed by atoms with Gasteiger partial charge in [-0.1, -0.05) is 18.9 Å². The zero-order chi connectivity index (χ0) is 24.1. The fourth-order valence-electron chi connectivity index (χ4n) is 4.63. The molecule has 2 N–H and O–H groups in total. The number of anilines is 1. The fourth-order valence-corrected chi connectivity index (χ4v) is 5.77. The average Bonchev–Trinajstić information content (AvgIpc) is 3.53. The predicted octanol–water partition coefficient (Wildman–Crippen LogP) is 3.78. The number of aromatic nitrogens is 5. The van der Waals surface area contributed by atoms with Crippen LogP contribution in [0.15, 0.2) is 31.1 Å². The van der Waals surface area contributed by atoms with Gasteiger partial charge >= 0.3 is 0 Å². The van der Waals surface area contributed by atoms with Gasteiger partial charge in [-0.15, -0.1) is 11.3 Å². The van der Waals surface area contributed by atoms with Crippen LogP contribution in [0.5, 0.6) is 0 Å². The summed E-state index contributed by atoms with van der Waals surface area (Å²) in [6, 6.07) is 3.13. The number of hydrogen-bond donors (Lipinski definition) is 1. The number of benzene rings is 1. The number of likely N-dealkylation sites (tertiary alicyclic amines) is 1. The van der Waals surface area contributed by atoms with Crippen LogP contribution in [0.2, 0.25) is 0 Å². The molecule has 2 aliphatic rings. The first-order valence-electron chi connectivity index (χ1n) is 11.5. The van der Waals surface area contributed by atoms with E-state index < -0.39 is 5.82 Å². The lowest BCUT2D eigenvalue weighted by Gasteiger charge is -2.22. The minimum absolute atomic E-state index is 0.0840. The SMILES string of the molecule is C=CC(=O)N1CC[C@H](n2nc(C#Cc3cc4nc(C5CCC5)sc4cc3F)c3c(N)ncnc32)C1. The number of carbonyl (C=O) groups excluding carboxylic acids is 1. The van der Waals surface area contributed by atoms with Crippen LogP contribution < -0.4 is 5.73 Å². The fraction of sp³-hybridized carbons (Fsp3) is 0.320. The van der Waals surface area contributed by atoms with E-state index in [-0.39, 0.29) is 23.3 Å². The molecule has 0 unspecified atom stereocenters. The smallest absolute Gasteiger partial charge is 0.246 e. The van der Waals surface area contributed by atoms with Gasteiger partial charge in [0, 0.05) is 19.0 Å². The van der Waals surface area contributed by atoms with Gasteiger partial charge in [0.2, 0.25) is 5.91 Å². The van der Waals surface area contributed by atoms with E-state index in [1.165, 1.54) is 24.9 Å². The van der Waals surface area contributed by atoms with E-state index in [0.717, 1.165) is 28.1 Å². The first kappa shape index (κ1) is 21.7. The van der Waals surface area contributed by atoms with E-state index >= 15 is 0 Å². The number of fused-ring (bicyclic) bond motifs is 2. The number of halogens is 1. The van der Waals surface area contributed by atoms with Crippen molar-refractivity contribution < 1.29 is 9.18 Å². The van der Waals surface area contributed by atoms with Gasteiger partial charge in [0.25, 0.3) is 0 Å². The molecule has 1 aromatic carbocycles. The molecule has 0 spiro atoms. The third kappa shape index (κ3) is 3.72. The Morgan fingerprint density at radius 2 is 2.11 bits per heavy atom. The summed E-state index contributed by atoms with van der Waals surface area (Å²) in [5, 5.41) is 6.26. The minimum Gasteiger partial charge on any atom is -0.383 e. The molecule has 176 valence electrons. The van der Waals surface area contributed by atoms with Gasteiger partial charge in [-0.05, 0) is 43.4 Å². The van der Waals surface area contributed by atoms with Crippen LogP contribution in [-0.2, 0) is 4.79 Å². The van der Waals surface area contributed by atoms with Crippen LogP contribution >= 0.6 is 11.3 Å². The monoisotopic (exact) mass is 487 g/mol. The molecule has 1 aliphatic heterocycles. The lowest BCUT2D eigenvalue weighted by Crippen LogP contribution is -2.27. The van der Waals surface area contributed by atoms with Crippen LogP contribution in [0.3, 0.4) is 0 Å². The first-order valence-corrected chi connectivity index (χ1v) is 12.4. The maximum atomic E-state index is 14.9. The number of nitrogen functional groups attached to an aromatic ring is 1. The maximum absolute atomic E-state index is 14.9. The molecule has 10 heteroatoms. The van der Waals surface area contributed by atoms with Gasteiger partial charge in [0.15, 0.2) is 5.65 Å². The molecule has 1 aliphatic carbocycles. The standard InChI is InChI=1S/C25H22FN7OS/c1-2-21(34)32-9-8-16(12-32)33-24-22(23(27)28-13-29-24)18(31-33)7-6-15-10-19-20(11-17(15)26)35-25(30-19)14-4-3-5-14/h2,10-11,13-14,16H,1,3-5,8-9,12H2,(H2,27,28,29)/t16-/m0/s1. The van der Waals surface area contributed by atoms with Gasteiger partial charge in [0.1, 0.15) is 23.7 Å². The summed E-state index contributed by atoms with van der Waals surface area (Å²) in [5.41, 5.74) is 8.09. The van der Waals surface area contributed by atoms with E-state index in [9.17, 15) is 9.18 Å². The summed E-state index contributed by atoms with van der Waals surface area (Å²) in [6.45, 7) is 4.64. The second-order valence-electron chi connectivity index (χ2n) is 8.91. The molecule has 6 rings (SSSR count). The second-order valence-corrected chi connectivity index (χ2v) is 9.97. The van der Waals surface area contributed by atoms with Crippen LogP contribution in [0.1, 0.15) is 53.9 Å². The molecular weight excluding hydrogens is 465 g/mol. The third-order valence-corrected chi connectivity index (χ3v) is 7.96. The number of rotatable bonds is 3. The van der Waals surface area contributed by atoms with Gasteiger partial charge in [-0.2, -0.15) is 5.10 Å². The number of nitrogens with two attached hydrogens (primary N) is 1. The Hall–Kier alpha value is -3.84. The first-order chi connectivity index (χ1) is 17.0. The summed E-state index contributed by atoms with van der Waals surface area (Å²) in [4.78, 5) is 26.9. The molecule has 3 aromatic heterocycles. The Bertz CT molecular complexity index is 1560. The normalized spacial score (nSPS) is 18.0. The summed E-state index contributed by atoms with van der Waals surface area (Å²) in [6.07, 6.45) is 6.92. The van der Waals surface area contributed by atoms with Crippen molar-refractivity contribution in [2.75, 3.05) is 18.8 Å². The summed E-state index contributed by atoms with van der Waals surface area (Å²) in [7, 11) is 0. The number of hydrogen-bond acceptors (Lipinski definition) is 7. The van der Waals surface area contributed by atoms with Crippen LogP contribution in [-0.4, -0.2) is 48.6 Å². The number of amides is 1. The summed E-state index contributed by atoms with van der Waals surface area (Å²) in [5.74, 6) is 6.15. The van der Waals surface area contributed by atoms with E-state index in [2.05, 4.69) is 33.5 Å². The average molecular weight is 488 g/mol. The van der Waals surface area contributed by atoms with E-state index in [4.69, 9.17) is 10.7 Å². The highest BCUT2D eigenvalue weighted by atomic mass is 32.1. The predicted molar refractivity (Wildman–Crippen MR) is 132 cm³/mol. The molecule has 1 saturated heterocycles. The highest BCUT2D eigenvalue weighted by Crippen LogP contribution is 2.40. The van der Waals surface area contributed by atoms with E-state index in [0.29, 0.717) is 42.2 Å². The molecule has 0 radical (unpaired) electrons.